The Bertz CT molecular complexity index is 700. The highest BCUT2D eigenvalue weighted by molar-refractivity contribution is 6.04. The Morgan fingerprint density at radius 2 is 2.00 bits per heavy atom. The first kappa shape index (κ1) is 15.3. The Kier molecular flexibility index (Phi) is 2.58. The van der Waals surface area contributed by atoms with Crippen LogP contribution in [0.3, 0.4) is 0 Å². The molecular formula is C20H26O5. The molecule has 0 unspecified atom stereocenters. The van der Waals surface area contributed by atoms with Gasteiger partial charge in [0.25, 0.3) is 0 Å². The van der Waals surface area contributed by atoms with Crippen molar-refractivity contribution in [3.63, 3.8) is 0 Å². The van der Waals surface area contributed by atoms with Gasteiger partial charge in [-0.1, -0.05) is 13.5 Å². The van der Waals surface area contributed by atoms with Crippen molar-refractivity contribution >= 4 is 5.78 Å². The topological polar surface area (TPSA) is 76.0 Å². The molecule has 5 nitrogen and oxygen atoms in total. The Morgan fingerprint density at radius 1 is 1.20 bits per heavy atom. The largest absolute Gasteiger partial charge is 0.392 e. The summed E-state index contributed by atoms with van der Waals surface area (Å²) in [4.78, 5) is 13.3. The first-order valence-electron chi connectivity index (χ1n) is 9.75. The number of hydrogen-bond donors (Lipinski definition) is 2. The van der Waals surface area contributed by atoms with Gasteiger partial charge in [-0.15, -0.1) is 0 Å². The summed E-state index contributed by atoms with van der Waals surface area (Å²) in [7, 11) is 0. The molecule has 10 atom stereocenters. The Labute approximate surface area is 147 Å². The number of rotatable bonds is 0. The van der Waals surface area contributed by atoms with Gasteiger partial charge in [0.05, 0.1) is 35.7 Å². The lowest BCUT2D eigenvalue weighted by molar-refractivity contribution is -0.440. The summed E-state index contributed by atoms with van der Waals surface area (Å²) in [6, 6.07) is 0. The number of ether oxygens (including phenoxy) is 2. The van der Waals surface area contributed by atoms with Crippen molar-refractivity contribution in [3.05, 3.63) is 12.2 Å². The number of Topliss-reactive ketones (excluding diaryl/α,β-unsaturated/α-hetero) is 1. The fraction of sp³-hybridized carbons (Fsp3) is 0.850. The van der Waals surface area contributed by atoms with Crippen LogP contribution in [0.15, 0.2) is 12.2 Å². The molecule has 3 heterocycles. The van der Waals surface area contributed by atoms with Crippen LogP contribution in [0, 0.1) is 34.0 Å². The van der Waals surface area contributed by atoms with Gasteiger partial charge in [-0.3, -0.25) is 4.79 Å². The van der Waals surface area contributed by atoms with Gasteiger partial charge in [-0.25, -0.2) is 0 Å². The molecule has 4 saturated carbocycles. The molecule has 2 spiro atoms. The molecule has 3 saturated heterocycles. The number of aliphatic hydroxyl groups is 2. The maximum absolute atomic E-state index is 13.3. The summed E-state index contributed by atoms with van der Waals surface area (Å²) in [5, 5.41) is 22.4. The number of aliphatic hydroxyl groups excluding tert-OH is 2. The minimum absolute atomic E-state index is 0.00572. The van der Waals surface area contributed by atoms with E-state index in [-0.39, 0.29) is 29.1 Å². The molecule has 3 aliphatic heterocycles. The molecule has 0 aromatic heterocycles. The molecule has 7 fully saturated rings. The second kappa shape index (κ2) is 4.22. The molecule has 7 aliphatic rings. The molecular weight excluding hydrogens is 320 g/mol. The summed E-state index contributed by atoms with van der Waals surface area (Å²) in [5.41, 5.74) is -0.874. The molecule has 0 aromatic rings. The van der Waals surface area contributed by atoms with Crippen LogP contribution in [-0.4, -0.2) is 47.2 Å². The van der Waals surface area contributed by atoms with Crippen LogP contribution in [-0.2, 0) is 14.3 Å². The quantitative estimate of drug-likeness (QED) is 0.649. The summed E-state index contributed by atoms with van der Waals surface area (Å²) in [6.07, 6.45) is 2.01. The second-order valence-corrected chi connectivity index (χ2v) is 9.73. The van der Waals surface area contributed by atoms with Gasteiger partial charge in [-0.2, -0.15) is 0 Å². The molecule has 7 bridgehead atoms. The van der Waals surface area contributed by atoms with E-state index < -0.39 is 29.3 Å². The predicted octanol–water partition coefficient (Wildman–Crippen LogP) is 1.42. The first-order chi connectivity index (χ1) is 11.9. The Morgan fingerprint density at radius 3 is 2.80 bits per heavy atom. The van der Waals surface area contributed by atoms with Crippen molar-refractivity contribution in [2.45, 2.75) is 63.6 Å². The van der Waals surface area contributed by atoms with Crippen molar-refractivity contribution in [1.29, 1.82) is 0 Å². The minimum Gasteiger partial charge on any atom is -0.392 e. The van der Waals surface area contributed by atoms with Crippen LogP contribution in [0.2, 0.25) is 0 Å². The van der Waals surface area contributed by atoms with Crippen molar-refractivity contribution < 1.29 is 24.5 Å². The molecule has 136 valence electrons. The number of carbonyl (C=O) groups is 1. The van der Waals surface area contributed by atoms with Crippen molar-refractivity contribution in [1.82, 2.24) is 0 Å². The maximum Gasteiger partial charge on any atom is 0.170 e. The van der Waals surface area contributed by atoms with Crippen molar-refractivity contribution in [2.24, 2.45) is 34.0 Å². The lowest BCUT2D eigenvalue weighted by Crippen LogP contribution is -2.81. The molecule has 7 rings (SSSR count). The number of ketones is 1. The van der Waals surface area contributed by atoms with Crippen LogP contribution in [0.5, 0.6) is 0 Å². The van der Waals surface area contributed by atoms with E-state index in [1.165, 1.54) is 0 Å². The standard InChI is InChI=1S/C20H26O5/c1-9-10-3-4-11-19-12-7-14(20(11,15(9)22)16(10)23)25-17(19)24-8-18(12,2)6-5-13(19)21/h10-14,16-17,21,23H,1,3-8H2,2H3/t10-,11-,12+,13-,14+,16+,17+,18-,19+,20-/m0/s1. The van der Waals surface area contributed by atoms with Gasteiger partial charge in [0, 0.05) is 5.92 Å². The highest BCUT2D eigenvalue weighted by atomic mass is 16.7. The first-order valence-corrected chi connectivity index (χ1v) is 9.75. The van der Waals surface area contributed by atoms with Crippen molar-refractivity contribution in [2.75, 3.05) is 6.61 Å². The lowest BCUT2D eigenvalue weighted by Gasteiger charge is -2.75. The summed E-state index contributed by atoms with van der Waals surface area (Å²) in [6.45, 7) is 6.95. The highest BCUT2D eigenvalue weighted by Gasteiger charge is 2.83. The van der Waals surface area contributed by atoms with Gasteiger partial charge >= 0.3 is 0 Å². The fourth-order valence-electron chi connectivity index (χ4n) is 8.25. The molecule has 5 heteroatoms. The molecule has 0 radical (unpaired) electrons. The van der Waals surface area contributed by atoms with E-state index in [2.05, 4.69) is 13.5 Å². The average Bonchev–Trinajstić information content (AvgIpc) is 2.71. The normalized spacial score (nSPS) is 64.4. The van der Waals surface area contributed by atoms with Gasteiger partial charge < -0.3 is 19.7 Å². The van der Waals surface area contributed by atoms with E-state index in [1.54, 1.807) is 0 Å². The van der Waals surface area contributed by atoms with Gasteiger partial charge in [0.2, 0.25) is 0 Å². The zero-order chi connectivity index (χ0) is 17.4. The number of carbonyl (C=O) groups excluding carboxylic acids is 1. The third-order valence-corrected chi connectivity index (χ3v) is 9.20. The van der Waals surface area contributed by atoms with E-state index >= 15 is 0 Å². The molecule has 0 aromatic carbocycles. The van der Waals surface area contributed by atoms with Gasteiger partial charge in [0.1, 0.15) is 0 Å². The predicted molar refractivity (Wildman–Crippen MR) is 87.3 cm³/mol. The molecule has 2 N–H and O–H groups in total. The maximum atomic E-state index is 13.3. The Hall–Kier alpha value is -0.750. The number of hydrogen-bond acceptors (Lipinski definition) is 5. The van der Waals surface area contributed by atoms with Crippen molar-refractivity contribution in [3.8, 4) is 0 Å². The zero-order valence-corrected chi connectivity index (χ0v) is 14.6. The number of fused-ring (bicyclic) bond motifs is 1. The Balaban J connectivity index is 1.61. The monoisotopic (exact) mass is 346 g/mol. The van der Waals surface area contributed by atoms with E-state index in [1.807, 2.05) is 0 Å². The van der Waals surface area contributed by atoms with Crippen LogP contribution in [0.1, 0.15) is 39.0 Å². The molecule has 25 heavy (non-hydrogen) atoms. The minimum atomic E-state index is -0.910. The highest BCUT2D eigenvalue weighted by Crippen LogP contribution is 2.77. The fourth-order valence-corrected chi connectivity index (χ4v) is 8.25. The second-order valence-electron chi connectivity index (χ2n) is 9.73. The summed E-state index contributed by atoms with van der Waals surface area (Å²) >= 11 is 0. The van der Waals surface area contributed by atoms with E-state index in [0.29, 0.717) is 18.1 Å². The third-order valence-electron chi connectivity index (χ3n) is 9.20. The molecule has 0 amide bonds. The molecule has 4 aliphatic carbocycles. The zero-order valence-electron chi connectivity index (χ0n) is 14.6. The van der Waals surface area contributed by atoms with Gasteiger partial charge in [-0.05, 0) is 54.9 Å². The smallest absolute Gasteiger partial charge is 0.170 e. The average molecular weight is 346 g/mol. The van der Waals surface area contributed by atoms with Crippen LogP contribution in [0.4, 0.5) is 0 Å². The van der Waals surface area contributed by atoms with E-state index in [4.69, 9.17) is 9.47 Å². The van der Waals surface area contributed by atoms with E-state index in [0.717, 1.165) is 32.1 Å². The van der Waals surface area contributed by atoms with Crippen LogP contribution < -0.4 is 0 Å². The summed E-state index contributed by atoms with van der Waals surface area (Å²) in [5.74, 6) is 0.0718. The summed E-state index contributed by atoms with van der Waals surface area (Å²) < 4.78 is 12.5. The van der Waals surface area contributed by atoms with Gasteiger partial charge in [0.15, 0.2) is 12.1 Å². The van der Waals surface area contributed by atoms with Crippen LogP contribution >= 0.6 is 0 Å². The third kappa shape index (κ3) is 1.29. The SMILES string of the molecule is C=C1C(=O)[C@]23[C@H](O)[C@H]1CC[C@H]2[C@]12[C@@H]4OC[C@](C)(CC[C@@H]1O)[C@H]2C[C@H]3O4. The lowest BCUT2D eigenvalue weighted by atomic mass is 9.36. The van der Waals surface area contributed by atoms with Crippen LogP contribution in [0.25, 0.3) is 0 Å². The van der Waals surface area contributed by atoms with E-state index in [9.17, 15) is 15.0 Å².